The van der Waals surface area contributed by atoms with Crippen molar-refractivity contribution in [3.05, 3.63) is 88.7 Å². The summed E-state index contributed by atoms with van der Waals surface area (Å²) < 4.78 is 18.7. The zero-order chi connectivity index (χ0) is 24.1. The van der Waals surface area contributed by atoms with Gasteiger partial charge in [0.05, 0.1) is 24.8 Å². The second-order valence-corrected chi connectivity index (χ2v) is 8.43. The van der Waals surface area contributed by atoms with E-state index in [1.807, 2.05) is 42.5 Å². The van der Waals surface area contributed by atoms with Gasteiger partial charge in [0.1, 0.15) is 17.8 Å². The fraction of sp³-hybridized carbons (Fsp3) is 0.115. The van der Waals surface area contributed by atoms with Gasteiger partial charge in [0.15, 0.2) is 23.0 Å². The molecule has 0 aliphatic carbocycles. The summed E-state index contributed by atoms with van der Waals surface area (Å²) in [6.45, 7) is 0. The first kappa shape index (κ1) is 21.2. The van der Waals surface area contributed by atoms with Crippen molar-refractivity contribution in [2.24, 2.45) is 0 Å². The monoisotopic (exact) mass is 486 g/mol. The van der Waals surface area contributed by atoms with Crippen molar-refractivity contribution >= 4 is 17.2 Å². The van der Waals surface area contributed by atoms with Crippen molar-refractivity contribution in [1.29, 1.82) is 0 Å². The van der Waals surface area contributed by atoms with Crippen molar-refractivity contribution in [3.63, 3.8) is 0 Å². The SMILES string of the molecule is COc1ccc(C2c3ccc(O)cc3Oc3ncn4nc(-c5ccccc5Cl)nc4c32)cc1OC. The maximum Gasteiger partial charge on any atom is 0.228 e. The summed E-state index contributed by atoms with van der Waals surface area (Å²) in [4.78, 5) is 9.37. The second-order valence-electron chi connectivity index (χ2n) is 8.02. The van der Waals surface area contributed by atoms with Gasteiger partial charge in [0.25, 0.3) is 0 Å². The van der Waals surface area contributed by atoms with E-state index in [-0.39, 0.29) is 11.7 Å². The van der Waals surface area contributed by atoms with E-state index in [2.05, 4.69) is 10.1 Å². The molecular formula is C26H19ClN4O4. The lowest BCUT2D eigenvalue weighted by molar-refractivity contribution is 0.354. The number of benzene rings is 3. The molecule has 0 spiro atoms. The van der Waals surface area contributed by atoms with E-state index in [0.29, 0.717) is 39.6 Å². The van der Waals surface area contributed by atoms with Crippen LogP contribution < -0.4 is 14.2 Å². The highest BCUT2D eigenvalue weighted by molar-refractivity contribution is 6.33. The molecule has 3 heterocycles. The lowest BCUT2D eigenvalue weighted by Crippen LogP contribution is -2.15. The summed E-state index contributed by atoms with van der Waals surface area (Å²) in [6.07, 6.45) is 1.56. The maximum absolute atomic E-state index is 10.1. The number of phenols is 1. The van der Waals surface area contributed by atoms with Crippen LogP contribution in [0.4, 0.5) is 0 Å². The van der Waals surface area contributed by atoms with E-state index in [9.17, 15) is 5.11 Å². The summed E-state index contributed by atoms with van der Waals surface area (Å²) in [5.74, 6) is 2.36. The minimum Gasteiger partial charge on any atom is -0.508 e. The number of phenolic OH excluding ortho intramolecular Hbond substituents is 1. The highest BCUT2D eigenvalue weighted by Crippen LogP contribution is 2.49. The molecule has 1 aliphatic rings. The van der Waals surface area contributed by atoms with Gasteiger partial charge >= 0.3 is 0 Å². The van der Waals surface area contributed by atoms with Gasteiger partial charge in [-0.1, -0.05) is 35.9 Å². The van der Waals surface area contributed by atoms with Crippen molar-refractivity contribution < 1.29 is 19.3 Å². The highest BCUT2D eigenvalue weighted by atomic mass is 35.5. The molecule has 0 saturated heterocycles. The normalized spacial score (nSPS) is 14.2. The minimum atomic E-state index is -0.325. The van der Waals surface area contributed by atoms with Crippen LogP contribution in [0.1, 0.15) is 22.6 Å². The Bertz CT molecular complexity index is 1600. The molecule has 5 aromatic rings. The molecule has 6 rings (SSSR count). The van der Waals surface area contributed by atoms with Gasteiger partial charge in [-0.05, 0) is 35.9 Å². The van der Waals surface area contributed by atoms with Crippen molar-refractivity contribution in [2.75, 3.05) is 14.2 Å². The van der Waals surface area contributed by atoms with E-state index in [4.69, 9.17) is 30.8 Å². The summed E-state index contributed by atoms with van der Waals surface area (Å²) in [5.41, 5.74) is 3.81. The molecule has 0 amide bonds. The van der Waals surface area contributed by atoms with Gasteiger partial charge in [0, 0.05) is 23.1 Å². The molecule has 0 radical (unpaired) electrons. The molecule has 0 saturated carbocycles. The largest absolute Gasteiger partial charge is 0.508 e. The molecular weight excluding hydrogens is 468 g/mol. The predicted octanol–water partition coefficient (Wildman–Crippen LogP) is 5.45. The lowest BCUT2D eigenvalue weighted by Gasteiger charge is -2.28. The average molecular weight is 487 g/mol. The molecule has 9 heteroatoms. The van der Waals surface area contributed by atoms with Crippen LogP contribution >= 0.6 is 11.6 Å². The molecule has 1 aliphatic heterocycles. The van der Waals surface area contributed by atoms with E-state index < -0.39 is 0 Å². The Morgan fingerprint density at radius 2 is 1.83 bits per heavy atom. The third-order valence-electron chi connectivity index (χ3n) is 6.05. The number of fused-ring (bicyclic) bond motifs is 4. The molecule has 174 valence electrons. The molecule has 3 aromatic carbocycles. The molecule has 1 N–H and O–H groups in total. The fourth-order valence-corrected chi connectivity index (χ4v) is 4.66. The topological polar surface area (TPSA) is 91.0 Å². The van der Waals surface area contributed by atoms with Crippen molar-refractivity contribution in [2.45, 2.75) is 5.92 Å². The number of nitrogens with zero attached hydrogens (tertiary/aromatic N) is 4. The summed E-state index contributed by atoms with van der Waals surface area (Å²) in [6, 6.07) is 18.2. The Hall–Kier alpha value is -4.30. The van der Waals surface area contributed by atoms with Crippen LogP contribution in [0.2, 0.25) is 5.02 Å². The number of hydrogen-bond donors (Lipinski definition) is 1. The van der Waals surface area contributed by atoms with Gasteiger partial charge in [-0.25, -0.2) is 14.5 Å². The van der Waals surface area contributed by atoms with Gasteiger partial charge in [-0.15, -0.1) is 5.10 Å². The first-order chi connectivity index (χ1) is 17.1. The Morgan fingerprint density at radius 1 is 1.00 bits per heavy atom. The standard InChI is InChI=1S/C26H19ClN4O4/c1-33-19-10-7-14(11-21(19)34-2)22-17-9-8-15(32)12-20(17)35-26-23(22)25-29-24(30-31(25)13-28-26)16-5-3-4-6-18(16)27/h3-13,22,32H,1-2H3. The van der Waals surface area contributed by atoms with Crippen molar-refractivity contribution in [3.8, 4) is 40.3 Å². The van der Waals surface area contributed by atoms with E-state index >= 15 is 0 Å². The summed E-state index contributed by atoms with van der Waals surface area (Å²) in [5, 5.41) is 15.3. The molecule has 1 unspecified atom stereocenters. The highest BCUT2D eigenvalue weighted by Gasteiger charge is 2.34. The number of hydrogen-bond acceptors (Lipinski definition) is 7. The van der Waals surface area contributed by atoms with E-state index in [0.717, 1.165) is 22.3 Å². The van der Waals surface area contributed by atoms with E-state index in [1.165, 1.54) is 0 Å². The van der Waals surface area contributed by atoms with Crippen LogP contribution in [0.3, 0.4) is 0 Å². The summed E-state index contributed by atoms with van der Waals surface area (Å²) in [7, 11) is 3.19. The van der Waals surface area contributed by atoms with Crippen LogP contribution in [0.25, 0.3) is 17.0 Å². The van der Waals surface area contributed by atoms with Crippen molar-refractivity contribution in [1.82, 2.24) is 19.6 Å². The molecule has 8 nitrogen and oxygen atoms in total. The first-order valence-corrected chi connectivity index (χ1v) is 11.2. The maximum atomic E-state index is 10.1. The van der Waals surface area contributed by atoms with Crippen LogP contribution in [0.15, 0.2) is 67.0 Å². The number of ether oxygens (including phenoxy) is 3. The molecule has 1 atom stereocenters. The number of rotatable bonds is 4. The van der Waals surface area contributed by atoms with Crippen LogP contribution in [-0.2, 0) is 0 Å². The number of halogens is 1. The summed E-state index contributed by atoms with van der Waals surface area (Å²) >= 11 is 6.42. The first-order valence-electron chi connectivity index (χ1n) is 10.8. The Morgan fingerprint density at radius 3 is 2.63 bits per heavy atom. The average Bonchev–Trinajstić information content (AvgIpc) is 3.31. The fourth-order valence-electron chi connectivity index (χ4n) is 4.44. The van der Waals surface area contributed by atoms with Gasteiger partial charge in [-0.3, -0.25) is 0 Å². The molecule has 2 aromatic heterocycles. The van der Waals surface area contributed by atoms with E-state index in [1.54, 1.807) is 43.3 Å². The second kappa shape index (κ2) is 8.18. The Balaban J connectivity index is 1.62. The van der Waals surface area contributed by atoms with Gasteiger partial charge in [0.2, 0.25) is 5.88 Å². The van der Waals surface area contributed by atoms with Gasteiger partial charge in [-0.2, -0.15) is 0 Å². The molecule has 0 fully saturated rings. The van der Waals surface area contributed by atoms with Crippen LogP contribution in [0, 0.1) is 0 Å². The number of methoxy groups -OCH3 is 2. The quantitative estimate of drug-likeness (QED) is 0.354. The van der Waals surface area contributed by atoms with Crippen LogP contribution in [-0.4, -0.2) is 38.9 Å². The van der Waals surface area contributed by atoms with Crippen LogP contribution in [0.5, 0.6) is 28.9 Å². The Labute approximate surface area is 205 Å². The van der Waals surface area contributed by atoms with Gasteiger partial charge < -0.3 is 19.3 Å². The minimum absolute atomic E-state index is 0.0998. The number of aromatic nitrogens is 4. The zero-order valence-electron chi connectivity index (χ0n) is 18.8. The smallest absolute Gasteiger partial charge is 0.228 e. The number of aromatic hydroxyl groups is 1. The predicted molar refractivity (Wildman–Crippen MR) is 130 cm³/mol. The third-order valence-corrected chi connectivity index (χ3v) is 6.38. The lowest BCUT2D eigenvalue weighted by atomic mass is 9.83. The zero-order valence-corrected chi connectivity index (χ0v) is 19.5. The molecule has 0 bridgehead atoms. The molecule has 35 heavy (non-hydrogen) atoms. The third kappa shape index (κ3) is 3.41. The Kier molecular flexibility index (Phi) is 4.96.